The van der Waals surface area contributed by atoms with Gasteiger partial charge in [0.2, 0.25) is 5.91 Å². The van der Waals surface area contributed by atoms with Gasteiger partial charge in [0.15, 0.2) is 0 Å². The molecule has 1 heterocycles. The van der Waals surface area contributed by atoms with E-state index < -0.39 is 6.04 Å². The van der Waals surface area contributed by atoms with Crippen LogP contribution in [0.25, 0.3) is 6.08 Å². The second-order valence-corrected chi connectivity index (χ2v) is 9.73. The fraction of sp³-hybridized carbons (Fsp3) is 0.120. The average Bonchev–Trinajstić information content (AvgIpc) is 3.27. The molecule has 0 fully saturated rings. The van der Waals surface area contributed by atoms with E-state index in [-0.39, 0.29) is 11.9 Å². The van der Waals surface area contributed by atoms with Gasteiger partial charge in [-0.25, -0.2) is 0 Å². The van der Waals surface area contributed by atoms with E-state index in [9.17, 15) is 4.79 Å². The van der Waals surface area contributed by atoms with Crippen LogP contribution in [-0.4, -0.2) is 11.6 Å². The van der Waals surface area contributed by atoms with Crippen LogP contribution >= 0.6 is 50.7 Å². The molecule has 0 aromatic heterocycles. The number of amides is 1. The molecule has 4 rings (SSSR count). The predicted octanol–water partition coefficient (Wildman–Crippen LogP) is 7.37. The van der Waals surface area contributed by atoms with Crippen molar-refractivity contribution in [2.75, 3.05) is 0 Å². The van der Waals surface area contributed by atoms with Gasteiger partial charge in [0.05, 0.1) is 17.8 Å². The number of carbonyl (C=O) groups excluding carboxylic acids is 1. The monoisotopic (exact) mass is 561 g/mol. The van der Waals surface area contributed by atoms with E-state index in [1.165, 1.54) is 6.08 Å². The average molecular weight is 564 g/mol. The van der Waals surface area contributed by atoms with E-state index in [2.05, 4.69) is 31.8 Å². The third kappa shape index (κ3) is 6.18. The van der Waals surface area contributed by atoms with Crippen molar-refractivity contribution in [3.8, 4) is 0 Å². The Balaban J connectivity index is 1.56. The highest BCUT2D eigenvalue weighted by molar-refractivity contribution is 9.10. The summed E-state index contributed by atoms with van der Waals surface area (Å²) in [6.07, 6.45) is 3.79. The molecule has 2 N–H and O–H groups in total. The van der Waals surface area contributed by atoms with E-state index in [0.717, 1.165) is 26.9 Å². The maximum atomic E-state index is 12.8. The van der Waals surface area contributed by atoms with Gasteiger partial charge in [-0.1, -0.05) is 81.1 Å². The summed E-state index contributed by atoms with van der Waals surface area (Å²) in [4.78, 5) is 12.8. The molecule has 0 aliphatic carbocycles. The van der Waals surface area contributed by atoms with Crippen LogP contribution in [-0.2, 0) is 4.79 Å². The van der Waals surface area contributed by atoms with Crippen molar-refractivity contribution < 1.29 is 4.79 Å². The van der Waals surface area contributed by atoms with Crippen LogP contribution < -0.4 is 10.7 Å². The lowest BCUT2D eigenvalue weighted by atomic mass is 9.95. The van der Waals surface area contributed by atoms with E-state index in [0.29, 0.717) is 21.5 Å². The molecule has 8 heteroatoms. The summed E-state index contributed by atoms with van der Waals surface area (Å²) < 4.78 is 1.01. The highest BCUT2D eigenvalue weighted by atomic mass is 79.9. The van der Waals surface area contributed by atoms with E-state index in [1.54, 1.807) is 30.3 Å². The first-order valence-corrected chi connectivity index (χ1v) is 12.1. The lowest BCUT2D eigenvalue weighted by Crippen LogP contribution is -2.32. The zero-order chi connectivity index (χ0) is 23.4. The van der Waals surface area contributed by atoms with Gasteiger partial charge in [0.25, 0.3) is 0 Å². The Labute approximate surface area is 215 Å². The number of benzene rings is 3. The summed E-state index contributed by atoms with van der Waals surface area (Å²) in [6.45, 7) is 0. The Hall–Kier alpha value is -2.31. The second-order valence-electron chi connectivity index (χ2n) is 7.54. The Morgan fingerprint density at radius 3 is 2.55 bits per heavy atom. The van der Waals surface area contributed by atoms with E-state index in [4.69, 9.17) is 34.8 Å². The molecule has 0 saturated heterocycles. The summed E-state index contributed by atoms with van der Waals surface area (Å²) in [6, 6.07) is 20.0. The molecule has 0 bridgehead atoms. The summed E-state index contributed by atoms with van der Waals surface area (Å²) in [5.41, 5.74) is 6.61. The number of halogens is 4. The zero-order valence-electron chi connectivity index (χ0n) is 17.2. The van der Waals surface area contributed by atoms with Crippen molar-refractivity contribution in [2.45, 2.75) is 18.5 Å². The number of carbonyl (C=O) groups is 1. The lowest BCUT2D eigenvalue weighted by molar-refractivity contribution is -0.116. The van der Waals surface area contributed by atoms with E-state index in [1.807, 2.05) is 42.5 Å². The van der Waals surface area contributed by atoms with Gasteiger partial charge in [-0.15, -0.1) is 0 Å². The predicted molar refractivity (Wildman–Crippen MR) is 140 cm³/mol. The molecule has 168 valence electrons. The first kappa shape index (κ1) is 23.8. The maximum Gasteiger partial charge on any atom is 0.244 e. The molecule has 4 nitrogen and oxygen atoms in total. The number of nitrogens with zero attached hydrogens (tertiary/aromatic N) is 1. The molecule has 0 saturated carbocycles. The highest BCUT2D eigenvalue weighted by Gasteiger charge is 2.29. The minimum Gasteiger partial charge on any atom is -0.340 e. The normalized spacial score (nSPS) is 16.4. The molecule has 33 heavy (non-hydrogen) atoms. The Bertz CT molecular complexity index is 1230. The van der Waals surface area contributed by atoms with Gasteiger partial charge >= 0.3 is 0 Å². The molecular formula is C25H19BrCl3N3O. The maximum absolute atomic E-state index is 12.8. The quantitative estimate of drug-likeness (QED) is 0.308. The lowest BCUT2D eigenvalue weighted by Gasteiger charge is -2.20. The van der Waals surface area contributed by atoms with Crippen molar-refractivity contribution in [2.24, 2.45) is 5.10 Å². The fourth-order valence-electron chi connectivity index (χ4n) is 3.58. The first-order valence-electron chi connectivity index (χ1n) is 10.2. The molecule has 1 aliphatic heterocycles. The van der Waals surface area contributed by atoms with Crippen LogP contribution in [0, 0.1) is 0 Å². The van der Waals surface area contributed by atoms with Crippen LogP contribution in [0.3, 0.4) is 0 Å². The molecule has 1 aliphatic rings. The summed E-state index contributed by atoms with van der Waals surface area (Å²) >= 11 is 22.1. The molecule has 3 aromatic carbocycles. The summed E-state index contributed by atoms with van der Waals surface area (Å²) in [5.74, 6) is -0.277. The topological polar surface area (TPSA) is 53.5 Å². The third-order valence-corrected chi connectivity index (χ3v) is 6.54. The Morgan fingerprint density at radius 2 is 1.82 bits per heavy atom. The van der Waals surface area contributed by atoms with Crippen molar-refractivity contribution in [1.29, 1.82) is 0 Å². The van der Waals surface area contributed by atoms with Crippen LogP contribution in [0.1, 0.15) is 35.2 Å². The number of hydrazone groups is 1. The number of rotatable bonds is 6. The van der Waals surface area contributed by atoms with Gasteiger partial charge in [-0.05, 0) is 59.2 Å². The largest absolute Gasteiger partial charge is 0.340 e. The Kier molecular flexibility index (Phi) is 7.76. The van der Waals surface area contributed by atoms with Crippen molar-refractivity contribution >= 4 is 68.4 Å². The molecule has 2 unspecified atom stereocenters. The summed E-state index contributed by atoms with van der Waals surface area (Å²) in [7, 11) is 0. The van der Waals surface area contributed by atoms with Crippen LogP contribution in [0.2, 0.25) is 15.1 Å². The van der Waals surface area contributed by atoms with Crippen molar-refractivity contribution in [1.82, 2.24) is 10.7 Å². The molecule has 0 radical (unpaired) electrons. The van der Waals surface area contributed by atoms with Gasteiger partial charge in [-0.2, -0.15) is 5.10 Å². The van der Waals surface area contributed by atoms with Gasteiger partial charge in [0, 0.05) is 32.0 Å². The summed E-state index contributed by atoms with van der Waals surface area (Å²) in [5, 5.41) is 9.17. The Morgan fingerprint density at radius 1 is 1.06 bits per heavy atom. The number of hydrogen-bond acceptors (Lipinski definition) is 3. The highest BCUT2D eigenvalue weighted by Crippen LogP contribution is 2.32. The smallest absolute Gasteiger partial charge is 0.244 e. The van der Waals surface area contributed by atoms with Crippen LogP contribution in [0.5, 0.6) is 0 Å². The molecular weight excluding hydrogens is 545 g/mol. The van der Waals surface area contributed by atoms with Crippen molar-refractivity contribution in [3.63, 3.8) is 0 Å². The molecule has 3 aromatic rings. The SMILES string of the molecule is O=C(C=Cc1cccc(Cl)c1)NC(C1=NNC(c2ccc(Br)cc2)C1)c1ccc(Cl)cc1Cl. The molecule has 2 atom stereocenters. The van der Waals surface area contributed by atoms with Gasteiger partial charge in [0.1, 0.15) is 0 Å². The minimum absolute atomic E-state index is 0.000537. The van der Waals surface area contributed by atoms with Gasteiger partial charge in [-0.3, -0.25) is 4.79 Å². The number of nitrogens with one attached hydrogen (secondary N) is 2. The van der Waals surface area contributed by atoms with Gasteiger partial charge < -0.3 is 10.7 Å². The first-order chi connectivity index (χ1) is 15.9. The standard InChI is InChI=1S/C25H19BrCl3N3O/c26-17-7-5-16(6-8-17)22-14-23(32-31-22)25(20-10-9-19(28)13-21(20)29)30-24(33)11-4-15-2-1-3-18(27)12-15/h1-13,22,25,31H,14H2,(H,30,33). The van der Waals surface area contributed by atoms with Crippen molar-refractivity contribution in [3.05, 3.63) is 109 Å². The third-order valence-electron chi connectivity index (χ3n) is 5.22. The number of hydrogen-bond donors (Lipinski definition) is 2. The molecule has 1 amide bonds. The van der Waals surface area contributed by atoms with Crippen LogP contribution in [0.4, 0.5) is 0 Å². The van der Waals surface area contributed by atoms with Crippen LogP contribution in [0.15, 0.2) is 82.4 Å². The zero-order valence-corrected chi connectivity index (χ0v) is 21.1. The van der Waals surface area contributed by atoms with E-state index >= 15 is 0 Å². The second kappa shape index (κ2) is 10.7. The fourth-order valence-corrected chi connectivity index (χ4v) is 4.56. The molecule has 0 spiro atoms. The minimum atomic E-state index is -0.515.